The van der Waals surface area contributed by atoms with E-state index in [1.54, 1.807) is 6.20 Å². The highest BCUT2D eigenvalue weighted by Gasteiger charge is 2.35. The molecule has 0 amide bonds. The van der Waals surface area contributed by atoms with Gasteiger partial charge < -0.3 is 15.8 Å². The van der Waals surface area contributed by atoms with Crippen LogP contribution in [0.5, 0.6) is 0 Å². The number of nitrogens with two attached hydrogens (primary N) is 1. The summed E-state index contributed by atoms with van der Waals surface area (Å²) in [5.74, 6) is 0.186. The summed E-state index contributed by atoms with van der Waals surface area (Å²) in [6, 6.07) is -0.527. The Morgan fingerprint density at radius 1 is 1.68 bits per heavy atom. The number of carboxylic acids is 1. The smallest absolute Gasteiger partial charge is 0.320 e. The molecule has 6 heteroatoms. The Hall–Kier alpha value is -1.40. The summed E-state index contributed by atoms with van der Waals surface area (Å²) in [5.41, 5.74) is 6.81. The van der Waals surface area contributed by atoms with Crippen LogP contribution in [0, 0.1) is 0 Å². The van der Waals surface area contributed by atoms with E-state index < -0.39 is 12.0 Å². The quantitative estimate of drug-likeness (QED) is 0.706. The lowest BCUT2D eigenvalue weighted by atomic mass is 10.2. The molecule has 106 valence electrons. The number of nitrogens with one attached hydrogen (secondary N) is 1. The first-order valence-electron chi connectivity index (χ1n) is 6.85. The number of aryl methyl sites for hydroxylation is 1. The minimum Gasteiger partial charge on any atom is -0.480 e. The number of aromatic amines is 1. The topological polar surface area (TPSA) is 95.2 Å². The Bertz CT molecular complexity index is 432. The molecule has 0 bridgehead atoms. The second kappa shape index (κ2) is 6.16. The first-order chi connectivity index (χ1) is 9.10. The van der Waals surface area contributed by atoms with Crippen molar-refractivity contribution in [2.75, 3.05) is 6.54 Å². The summed E-state index contributed by atoms with van der Waals surface area (Å²) in [4.78, 5) is 20.7. The van der Waals surface area contributed by atoms with E-state index in [1.807, 2.05) is 4.90 Å². The first-order valence-corrected chi connectivity index (χ1v) is 6.85. The first kappa shape index (κ1) is 14.0. The van der Waals surface area contributed by atoms with E-state index in [-0.39, 0.29) is 6.04 Å². The Morgan fingerprint density at radius 3 is 3.16 bits per heavy atom. The van der Waals surface area contributed by atoms with Crippen LogP contribution < -0.4 is 5.73 Å². The van der Waals surface area contributed by atoms with Gasteiger partial charge in [0.1, 0.15) is 11.9 Å². The van der Waals surface area contributed by atoms with Crippen LogP contribution >= 0.6 is 0 Å². The number of aliphatic carboxylic acids is 1. The van der Waals surface area contributed by atoms with Crippen molar-refractivity contribution in [3.63, 3.8) is 0 Å². The molecule has 1 fully saturated rings. The minimum absolute atomic E-state index is 0.0522. The molecule has 0 saturated carbocycles. The summed E-state index contributed by atoms with van der Waals surface area (Å²) in [6.45, 7) is 3.34. The van der Waals surface area contributed by atoms with E-state index in [9.17, 15) is 9.90 Å². The normalized spacial score (nSPS) is 23.9. The summed E-state index contributed by atoms with van der Waals surface area (Å²) in [6.07, 6.45) is 5.51. The molecule has 0 unspecified atom stereocenters. The monoisotopic (exact) mass is 266 g/mol. The lowest BCUT2D eigenvalue weighted by molar-refractivity contribution is -0.142. The van der Waals surface area contributed by atoms with E-state index in [1.165, 1.54) is 0 Å². The third kappa shape index (κ3) is 3.54. The molecular weight excluding hydrogens is 244 g/mol. The average Bonchev–Trinajstić information content (AvgIpc) is 2.94. The molecule has 6 nitrogen and oxygen atoms in total. The Balaban J connectivity index is 1.96. The summed E-state index contributed by atoms with van der Waals surface area (Å²) < 4.78 is 0. The number of carboxylic acid groups (broad SMARTS) is 1. The largest absolute Gasteiger partial charge is 0.480 e. The molecule has 0 radical (unpaired) electrons. The molecule has 0 aliphatic carbocycles. The van der Waals surface area contributed by atoms with Crippen molar-refractivity contribution in [1.82, 2.24) is 14.9 Å². The fourth-order valence-corrected chi connectivity index (χ4v) is 2.55. The molecule has 2 heterocycles. The van der Waals surface area contributed by atoms with Crippen LogP contribution in [-0.2, 0) is 17.8 Å². The predicted molar refractivity (Wildman–Crippen MR) is 71.6 cm³/mol. The van der Waals surface area contributed by atoms with Gasteiger partial charge in [-0.05, 0) is 12.8 Å². The van der Waals surface area contributed by atoms with Crippen molar-refractivity contribution in [2.45, 2.75) is 51.2 Å². The van der Waals surface area contributed by atoms with Gasteiger partial charge in [0.15, 0.2) is 0 Å². The van der Waals surface area contributed by atoms with Crippen LogP contribution in [0.1, 0.15) is 37.7 Å². The standard InChI is InChI=1S/C13H22N4O2/c1-2-3-4-12-15-6-10(16-12)8-17-7-9(14)5-11(17)13(18)19/h6,9,11H,2-5,7-8,14H2,1H3,(H,15,16)(H,18,19)/t9-,11-/m0/s1. The summed E-state index contributed by atoms with van der Waals surface area (Å²) >= 11 is 0. The third-order valence-electron chi connectivity index (χ3n) is 3.54. The van der Waals surface area contributed by atoms with Crippen LogP contribution in [0.4, 0.5) is 0 Å². The van der Waals surface area contributed by atoms with Gasteiger partial charge in [0.05, 0.1) is 0 Å². The van der Waals surface area contributed by atoms with E-state index in [4.69, 9.17) is 5.73 Å². The molecule has 0 spiro atoms. The minimum atomic E-state index is -0.793. The number of likely N-dealkylation sites (tertiary alicyclic amines) is 1. The lowest BCUT2D eigenvalue weighted by Gasteiger charge is -2.19. The van der Waals surface area contributed by atoms with Crippen LogP contribution in [0.2, 0.25) is 0 Å². The zero-order chi connectivity index (χ0) is 13.8. The number of nitrogens with zero attached hydrogens (tertiary/aromatic N) is 2. The molecule has 0 aromatic carbocycles. The van der Waals surface area contributed by atoms with Crippen molar-refractivity contribution in [2.24, 2.45) is 5.73 Å². The molecule has 2 rings (SSSR count). The molecule has 1 aliphatic rings. The van der Waals surface area contributed by atoms with Crippen molar-refractivity contribution in [3.05, 3.63) is 17.7 Å². The highest BCUT2D eigenvalue weighted by molar-refractivity contribution is 5.74. The van der Waals surface area contributed by atoms with Crippen LogP contribution in [0.3, 0.4) is 0 Å². The number of rotatable bonds is 6. The van der Waals surface area contributed by atoms with Gasteiger partial charge in [-0.2, -0.15) is 0 Å². The molecule has 4 N–H and O–H groups in total. The summed E-state index contributed by atoms with van der Waals surface area (Å²) in [7, 11) is 0. The fourth-order valence-electron chi connectivity index (χ4n) is 2.55. The number of imidazole rings is 1. The molecular formula is C13H22N4O2. The Labute approximate surface area is 113 Å². The number of carbonyl (C=O) groups is 1. The van der Waals surface area contributed by atoms with E-state index in [2.05, 4.69) is 16.9 Å². The third-order valence-corrected chi connectivity index (χ3v) is 3.54. The van der Waals surface area contributed by atoms with E-state index >= 15 is 0 Å². The maximum absolute atomic E-state index is 11.2. The second-order valence-corrected chi connectivity index (χ2v) is 5.24. The van der Waals surface area contributed by atoms with Gasteiger partial charge in [-0.25, -0.2) is 4.98 Å². The number of hydrogen-bond donors (Lipinski definition) is 3. The number of hydrogen-bond acceptors (Lipinski definition) is 4. The highest BCUT2D eigenvalue weighted by atomic mass is 16.4. The fraction of sp³-hybridized carbons (Fsp3) is 0.692. The van der Waals surface area contributed by atoms with Gasteiger partial charge in [-0.15, -0.1) is 0 Å². The van der Waals surface area contributed by atoms with Gasteiger partial charge in [-0.3, -0.25) is 9.69 Å². The van der Waals surface area contributed by atoms with Gasteiger partial charge in [0.2, 0.25) is 0 Å². The van der Waals surface area contributed by atoms with Crippen LogP contribution in [0.15, 0.2) is 6.20 Å². The zero-order valence-corrected chi connectivity index (χ0v) is 11.3. The second-order valence-electron chi connectivity index (χ2n) is 5.24. The van der Waals surface area contributed by atoms with Gasteiger partial charge in [0.25, 0.3) is 0 Å². The van der Waals surface area contributed by atoms with Crippen LogP contribution in [-0.4, -0.2) is 44.6 Å². The average molecular weight is 266 g/mol. The van der Waals surface area contributed by atoms with Crippen molar-refractivity contribution in [1.29, 1.82) is 0 Å². The number of unbranched alkanes of at least 4 members (excludes halogenated alkanes) is 1. The molecule has 1 aromatic rings. The zero-order valence-electron chi connectivity index (χ0n) is 11.3. The van der Waals surface area contributed by atoms with Crippen molar-refractivity contribution >= 4 is 5.97 Å². The Kier molecular flexibility index (Phi) is 4.55. The Morgan fingerprint density at radius 2 is 2.47 bits per heavy atom. The maximum atomic E-state index is 11.2. The molecule has 1 saturated heterocycles. The van der Waals surface area contributed by atoms with E-state index in [0.29, 0.717) is 19.5 Å². The van der Waals surface area contributed by atoms with Crippen LogP contribution in [0.25, 0.3) is 0 Å². The highest BCUT2D eigenvalue weighted by Crippen LogP contribution is 2.19. The lowest BCUT2D eigenvalue weighted by Crippen LogP contribution is -2.35. The van der Waals surface area contributed by atoms with Gasteiger partial charge in [-0.1, -0.05) is 13.3 Å². The van der Waals surface area contributed by atoms with Crippen molar-refractivity contribution < 1.29 is 9.90 Å². The summed E-state index contributed by atoms with van der Waals surface area (Å²) in [5, 5.41) is 9.18. The molecule has 2 atom stereocenters. The molecule has 1 aliphatic heterocycles. The molecule has 1 aromatic heterocycles. The maximum Gasteiger partial charge on any atom is 0.320 e. The van der Waals surface area contributed by atoms with Crippen molar-refractivity contribution in [3.8, 4) is 0 Å². The number of H-pyrrole nitrogens is 1. The molecule has 19 heavy (non-hydrogen) atoms. The number of aromatic nitrogens is 2. The van der Waals surface area contributed by atoms with E-state index in [0.717, 1.165) is 30.8 Å². The van der Waals surface area contributed by atoms with Gasteiger partial charge in [0, 0.05) is 37.4 Å². The predicted octanol–water partition coefficient (Wildman–Crippen LogP) is 0.739. The SMILES string of the molecule is CCCCc1ncc(CN2C[C@@H](N)C[C@H]2C(=O)O)[nH]1. The van der Waals surface area contributed by atoms with Gasteiger partial charge >= 0.3 is 5.97 Å².